The molecule has 0 spiro atoms. The van der Waals surface area contributed by atoms with Crippen LogP contribution in [-0.2, 0) is 0 Å². The minimum absolute atomic E-state index is 0.310. The van der Waals surface area contributed by atoms with E-state index < -0.39 is 0 Å². The van der Waals surface area contributed by atoms with Gasteiger partial charge in [0, 0.05) is 16.2 Å². The maximum Gasteiger partial charge on any atom is 0.119 e. The number of rotatable bonds is 5. The second-order valence-electron chi connectivity index (χ2n) is 6.85. The molecule has 2 rings (SSSR count). The summed E-state index contributed by atoms with van der Waals surface area (Å²) >= 11 is 1.93. The number of thioether (sulfide) groups is 1. The van der Waals surface area contributed by atoms with Gasteiger partial charge in [0.2, 0.25) is 0 Å². The Kier molecular flexibility index (Phi) is 5.61. The summed E-state index contributed by atoms with van der Waals surface area (Å²) in [6.07, 6.45) is 4.89. The van der Waals surface area contributed by atoms with Crippen LogP contribution in [0.25, 0.3) is 0 Å². The smallest absolute Gasteiger partial charge is 0.119 e. The summed E-state index contributed by atoms with van der Waals surface area (Å²) in [5, 5.41) is 0.515. The fourth-order valence-corrected chi connectivity index (χ4v) is 4.47. The minimum Gasteiger partial charge on any atom is -0.497 e. The molecular weight excluding hydrogens is 278 g/mol. The summed E-state index contributed by atoms with van der Waals surface area (Å²) in [6, 6.07) is 8.64. The molecule has 1 saturated carbocycles. The molecule has 2 nitrogen and oxygen atoms in total. The van der Waals surface area contributed by atoms with Gasteiger partial charge in [-0.15, -0.1) is 11.8 Å². The van der Waals surface area contributed by atoms with Gasteiger partial charge in [0.15, 0.2) is 0 Å². The molecule has 0 aromatic heterocycles. The quantitative estimate of drug-likeness (QED) is 0.855. The highest BCUT2D eigenvalue weighted by Gasteiger charge is 2.36. The van der Waals surface area contributed by atoms with E-state index >= 15 is 0 Å². The Labute approximate surface area is 133 Å². The Hall–Kier alpha value is -0.670. The van der Waals surface area contributed by atoms with Crippen LogP contribution in [-0.4, -0.2) is 18.4 Å². The molecule has 2 N–H and O–H groups in total. The van der Waals surface area contributed by atoms with E-state index in [9.17, 15) is 0 Å². The Balaban J connectivity index is 2.06. The summed E-state index contributed by atoms with van der Waals surface area (Å²) < 4.78 is 5.32. The monoisotopic (exact) mass is 307 g/mol. The molecule has 21 heavy (non-hydrogen) atoms. The van der Waals surface area contributed by atoms with Gasteiger partial charge in [-0.1, -0.05) is 33.3 Å². The molecule has 0 saturated heterocycles. The molecule has 1 aliphatic carbocycles. The van der Waals surface area contributed by atoms with E-state index in [0.29, 0.717) is 16.7 Å². The lowest BCUT2D eigenvalue weighted by molar-refractivity contribution is 0.148. The Morgan fingerprint density at radius 2 is 2.10 bits per heavy atom. The third-order valence-corrected chi connectivity index (χ3v) is 6.56. The van der Waals surface area contributed by atoms with E-state index in [2.05, 4.69) is 39.0 Å². The standard InChI is InChI=1S/C18H29NOS/c1-5-18(2,3)13-9-10-16(19)17(11-13)21-15-8-6-7-14(12-15)20-4/h6-8,12-13,16-17H,5,9-11,19H2,1-4H3. The molecule has 0 amide bonds. The summed E-state index contributed by atoms with van der Waals surface area (Å²) in [5.74, 6) is 1.71. The second kappa shape index (κ2) is 7.06. The largest absolute Gasteiger partial charge is 0.497 e. The van der Waals surface area contributed by atoms with Crippen LogP contribution in [0.5, 0.6) is 5.75 Å². The zero-order valence-electron chi connectivity index (χ0n) is 13.8. The number of benzene rings is 1. The molecule has 1 fully saturated rings. The van der Waals surface area contributed by atoms with Gasteiger partial charge in [-0.3, -0.25) is 0 Å². The first-order chi connectivity index (χ1) is 9.96. The third-order valence-electron chi connectivity index (χ3n) is 5.19. The number of hydrogen-bond donors (Lipinski definition) is 1. The highest BCUT2D eigenvalue weighted by Crippen LogP contribution is 2.44. The molecule has 3 unspecified atom stereocenters. The normalized spacial score (nSPS) is 26.6. The van der Waals surface area contributed by atoms with Crippen molar-refractivity contribution in [2.45, 2.75) is 62.6 Å². The summed E-state index contributed by atoms with van der Waals surface area (Å²) in [5.41, 5.74) is 6.82. The van der Waals surface area contributed by atoms with Crippen molar-refractivity contribution in [2.75, 3.05) is 7.11 Å². The van der Waals surface area contributed by atoms with Crippen LogP contribution in [0.15, 0.2) is 29.2 Å². The predicted molar refractivity (Wildman–Crippen MR) is 92.0 cm³/mol. The van der Waals surface area contributed by atoms with Crippen molar-refractivity contribution in [3.05, 3.63) is 24.3 Å². The van der Waals surface area contributed by atoms with E-state index in [-0.39, 0.29) is 0 Å². The molecule has 0 radical (unpaired) electrons. The second-order valence-corrected chi connectivity index (χ2v) is 8.16. The summed E-state index contributed by atoms with van der Waals surface area (Å²) in [6.45, 7) is 7.11. The van der Waals surface area contributed by atoms with Crippen LogP contribution in [0, 0.1) is 11.3 Å². The maximum atomic E-state index is 6.39. The number of nitrogens with two attached hydrogens (primary N) is 1. The first kappa shape index (κ1) is 16.7. The zero-order chi connectivity index (χ0) is 15.5. The van der Waals surface area contributed by atoms with E-state index in [0.717, 1.165) is 18.1 Å². The third kappa shape index (κ3) is 4.17. The van der Waals surface area contributed by atoms with Gasteiger partial charge >= 0.3 is 0 Å². The van der Waals surface area contributed by atoms with Gasteiger partial charge in [-0.2, -0.15) is 0 Å². The van der Waals surface area contributed by atoms with Crippen molar-refractivity contribution in [3.63, 3.8) is 0 Å². The molecule has 0 aliphatic heterocycles. The van der Waals surface area contributed by atoms with Gasteiger partial charge in [-0.05, 0) is 48.8 Å². The number of ether oxygens (including phenoxy) is 1. The number of hydrogen-bond acceptors (Lipinski definition) is 3. The first-order valence-corrected chi connectivity index (χ1v) is 8.90. The van der Waals surface area contributed by atoms with Crippen molar-refractivity contribution in [3.8, 4) is 5.75 Å². The molecule has 3 atom stereocenters. The Bertz CT molecular complexity index is 460. The van der Waals surface area contributed by atoms with Gasteiger partial charge in [-0.25, -0.2) is 0 Å². The van der Waals surface area contributed by atoms with Gasteiger partial charge < -0.3 is 10.5 Å². The van der Waals surface area contributed by atoms with Gasteiger partial charge in [0.05, 0.1) is 7.11 Å². The van der Waals surface area contributed by atoms with Crippen molar-refractivity contribution >= 4 is 11.8 Å². The topological polar surface area (TPSA) is 35.2 Å². The molecule has 1 aromatic rings. The lowest BCUT2D eigenvalue weighted by atomic mass is 9.69. The van der Waals surface area contributed by atoms with E-state index in [1.54, 1.807) is 7.11 Å². The molecule has 0 bridgehead atoms. The van der Waals surface area contributed by atoms with Crippen molar-refractivity contribution in [1.82, 2.24) is 0 Å². The maximum absolute atomic E-state index is 6.39. The number of methoxy groups -OCH3 is 1. The van der Waals surface area contributed by atoms with Gasteiger partial charge in [0.25, 0.3) is 0 Å². The van der Waals surface area contributed by atoms with E-state index in [1.165, 1.54) is 24.2 Å². The van der Waals surface area contributed by atoms with Crippen molar-refractivity contribution < 1.29 is 4.74 Å². The van der Waals surface area contributed by atoms with Crippen LogP contribution in [0.1, 0.15) is 46.5 Å². The SMILES string of the molecule is CCC(C)(C)C1CCC(N)C(Sc2cccc(OC)c2)C1. The molecule has 0 heterocycles. The average molecular weight is 308 g/mol. The van der Waals surface area contributed by atoms with Gasteiger partial charge in [0.1, 0.15) is 5.75 Å². The van der Waals surface area contributed by atoms with Crippen LogP contribution < -0.4 is 10.5 Å². The fourth-order valence-electron chi connectivity index (χ4n) is 3.14. The van der Waals surface area contributed by atoms with Crippen LogP contribution >= 0.6 is 11.8 Å². The lowest BCUT2D eigenvalue weighted by Crippen LogP contribution is -2.42. The summed E-state index contributed by atoms with van der Waals surface area (Å²) in [7, 11) is 1.72. The fraction of sp³-hybridized carbons (Fsp3) is 0.667. The Morgan fingerprint density at radius 1 is 1.33 bits per heavy atom. The molecule has 1 aromatic carbocycles. The van der Waals surface area contributed by atoms with Crippen LogP contribution in [0.4, 0.5) is 0 Å². The van der Waals surface area contributed by atoms with Crippen LogP contribution in [0.3, 0.4) is 0 Å². The van der Waals surface area contributed by atoms with Crippen molar-refractivity contribution in [2.24, 2.45) is 17.1 Å². The predicted octanol–water partition coefficient (Wildman–Crippen LogP) is 4.72. The highest BCUT2D eigenvalue weighted by atomic mass is 32.2. The van der Waals surface area contributed by atoms with E-state index in [4.69, 9.17) is 10.5 Å². The molecular formula is C18H29NOS. The molecule has 3 heteroatoms. The molecule has 118 valence electrons. The molecule has 1 aliphatic rings. The minimum atomic E-state index is 0.310. The van der Waals surface area contributed by atoms with Crippen LogP contribution in [0.2, 0.25) is 0 Å². The highest BCUT2D eigenvalue weighted by molar-refractivity contribution is 8.00. The first-order valence-electron chi connectivity index (χ1n) is 8.02. The average Bonchev–Trinajstić information content (AvgIpc) is 2.49. The zero-order valence-corrected chi connectivity index (χ0v) is 14.6. The van der Waals surface area contributed by atoms with Crippen molar-refractivity contribution in [1.29, 1.82) is 0 Å². The van der Waals surface area contributed by atoms with E-state index in [1.807, 2.05) is 17.8 Å². The summed E-state index contributed by atoms with van der Waals surface area (Å²) in [4.78, 5) is 1.27. The Morgan fingerprint density at radius 3 is 2.76 bits per heavy atom. The lowest BCUT2D eigenvalue weighted by Gasteiger charge is -2.41.